The highest BCUT2D eigenvalue weighted by atomic mass is 32.2. The lowest BCUT2D eigenvalue weighted by atomic mass is 10.0. The van der Waals surface area contributed by atoms with Crippen LogP contribution in [0.25, 0.3) is 0 Å². The number of benzene rings is 1. The molecular formula is C13H19NO10S. The first kappa shape index (κ1) is 21.2. The smallest absolute Gasteiger partial charge is 0.297 e. The van der Waals surface area contributed by atoms with Crippen molar-refractivity contribution in [2.45, 2.75) is 36.2 Å². The Bertz CT molecular complexity index is 662. The second-order valence-corrected chi connectivity index (χ2v) is 6.80. The van der Waals surface area contributed by atoms with E-state index in [2.05, 4.69) is 9.02 Å². The Hall–Kier alpha value is -1.83. The van der Waals surface area contributed by atoms with Crippen LogP contribution in [0.3, 0.4) is 0 Å². The molecule has 0 fully saturated rings. The summed E-state index contributed by atoms with van der Waals surface area (Å²) in [6, 6.07) is 5.66. The predicted molar refractivity (Wildman–Crippen MR) is 81.3 cm³/mol. The fourth-order valence-electron chi connectivity index (χ4n) is 1.72. The first-order chi connectivity index (χ1) is 11.5. The fourth-order valence-corrected chi connectivity index (χ4v) is 2.65. The van der Waals surface area contributed by atoms with Gasteiger partial charge < -0.3 is 25.3 Å². The van der Waals surface area contributed by atoms with E-state index >= 15 is 0 Å². The first-order valence-corrected chi connectivity index (χ1v) is 8.41. The van der Waals surface area contributed by atoms with Crippen LogP contribution in [-0.2, 0) is 19.1 Å². The van der Waals surface area contributed by atoms with Crippen LogP contribution in [0.4, 0.5) is 0 Å². The molecule has 0 heterocycles. The van der Waals surface area contributed by atoms with Gasteiger partial charge >= 0.3 is 0 Å². The Balaban J connectivity index is 2.60. The highest BCUT2D eigenvalue weighted by molar-refractivity contribution is 7.86. The topological polar surface area (TPSA) is 177 Å². The molecule has 0 aliphatic rings. The zero-order valence-electron chi connectivity index (χ0n) is 13.1. The van der Waals surface area contributed by atoms with Gasteiger partial charge in [0, 0.05) is 0 Å². The van der Waals surface area contributed by atoms with Gasteiger partial charge in [0.1, 0.15) is 31.0 Å². The average molecular weight is 381 g/mol. The van der Waals surface area contributed by atoms with E-state index in [1.807, 2.05) is 0 Å². The molecule has 0 saturated carbocycles. The minimum Gasteiger partial charge on any atom is -0.388 e. The molecule has 0 radical (unpaired) electrons. The molecule has 0 spiro atoms. The van der Waals surface area contributed by atoms with Crippen molar-refractivity contribution >= 4 is 10.1 Å². The minimum absolute atomic E-state index is 0.167. The molecule has 1 aromatic rings. The van der Waals surface area contributed by atoms with E-state index in [4.69, 9.17) is 0 Å². The summed E-state index contributed by atoms with van der Waals surface area (Å²) in [6.45, 7) is -0.0928. The summed E-state index contributed by atoms with van der Waals surface area (Å²) in [5.41, 5.74) is 0.823. The van der Waals surface area contributed by atoms with Crippen molar-refractivity contribution in [2.75, 3.05) is 13.2 Å². The molecule has 0 aromatic heterocycles. The number of nitrogens with zero attached hydrogens (tertiary/aromatic N) is 1. The van der Waals surface area contributed by atoms with E-state index in [-0.39, 0.29) is 4.90 Å². The molecule has 12 heteroatoms. The van der Waals surface area contributed by atoms with E-state index in [0.29, 0.717) is 0 Å². The van der Waals surface area contributed by atoms with Crippen LogP contribution < -0.4 is 0 Å². The van der Waals surface area contributed by atoms with Crippen molar-refractivity contribution in [2.24, 2.45) is 0 Å². The second kappa shape index (κ2) is 9.03. The van der Waals surface area contributed by atoms with Crippen molar-refractivity contribution in [3.63, 3.8) is 0 Å². The van der Waals surface area contributed by atoms with Crippen LogP contribution in [-0.4, -0.2) is 71.6 Å². The van der Waals surface area contributed by atoms with E-state index in [9.17, 15) is 39.0 Å². The van der Waals surface area contributed by atoms with Crippen LogP contribution in [0.5, 0.6) is 0 Å². The zero-order valence-corrected chi connectivity index (χ0v) is 13.9. The van der Waals surface area contributed by atoms with Crippen molar-refractivity contribution in [3.8, 4) is 0 Å². The van der Waals surface area contributed by atoms with Crippen molar-refractivity contribution in [1.82, 2.24) is 0 Å². The fraction of sp³-hybridized carbons (Fsp3) is 0.538. The Labute approximate surface area is 143 Å². The van der Waals surface area contributed by atoms with E-state index in [1.165, 1.54) is 24.3 Å². The van der Waals surface area contributed by atoms with Gasteiger partial charge in [-0.1, -0.05) is 17.7 Å². The van der Waals surface area contributed by atoms with Crippen LogP contribution in [0.15, 0.2) is 29.2 Å². The first-order valence-electron chi connectivity index (χ1n) is 7.00. The summed E-state index contributed by atoms with van der Waals surface area (Å²) >= 11 is 0. The molecule has 0 amide bonds. The Kier molecular flexibility index (Phi) is 7.66. The van der Waals surface area contributed by atoms with E-state index < -0.39 is 52.8 Å². The van der Waals surface area contributed by atoms with Crippen molar-refractivity contribution < 1.29 is 43.0 Å². The highest BCUT2D eigenvalue weighted by Crippen LogP contribution is 2.15. The molecule has 4 atom stereocenters. The summed E-state index contributed by atoms with van der Waals surface area (Å²) in [5, 5.41) is 47.1. The Morgan fingerprint density at radius 1 is 1.04 bits per heavy atom. The minimum atomic E-state index is -4.20. The number of aliphatic hydroxyl groups excluding tert-OH is 4. The van der Waals surface area contributed by atoms with Crippen LogP contribution >= 0.6 is 0 Å². The number of hydrogen-bond donors (Lipinski definition) is 4. The Morgan fingerprint density at radius 3 is 2.00 bits per heavy atom. The zero-order chi connectivity index (χ0) is 19.2. The van der Waals surface area contributed by atoms with Crippen LogP contribution in [0.1, 0.15) is 5.56 Å². The summed E-state index contributed by atoms with van der Waals surface area (Å²) in [5.74, 6) is 0. The molecule has 0 unspecified atom stereocenters. The van der Waals surface area contributed by atoms with Gasteiger partial charge in [0.15, 0.2) is 0 Å². The second-order valence-electron chi connectivity index (χ2n) is 5.19. The van der Waals surface area contributed by atoms with Gasteiger partial charge in [-0.25, -0.2) is 0 Å². The van der Waals surface area contributed by atoms with Crippen LogP contribution in [0.2, 0.25) is 0 Å². The van der Waals surface area contributed by atoms with E-state index in [1.54, 1.807) is 6.92 Å². The van der Waals surface area contributed by atoms with Gasteiger partial charge in [-0.3, -0.25) is 4.18 Å². The van der Waals surface area contributed by atoms with Gasteiger partial charge in [-0.05, 0) is 19.1 Å². The molecule has 0 saturated heterocycles. The van der Waals surface area contributed by atoms with E-state index in [0.717, 1.165) is 5.56 Å². The number of rotatable bonds is 10. The molecule has 1 rings (SSSR count). The lowest BCUT2D eigenvalue weighted by molar-refractivity contribution is -0.759. The monoisotopic (exact) mass is 381 g/mol. The quantitative estimate of drug-likeness (QED) is 0.209. The molecule has 4 N–H and O–H groups in total. The molecule has 0 aliphatic heterocycles. The number of aryl methyl sites for hydroxylation is 1. The molecular weight excluding hydrogens is 362 g/mol. The number of aliphatic hydroxyl groups is 4. The third-order valence-electron chi connectivity index (χ3n) is 3.19. The standard InChI is InChI=1S/C13H19NO10S/c1-8-2-4-9(5-3-8)25(21,22)24-7-11(16)13(18)12(17)10(15)6-23-14(19)20/h2-5,10-13,15-18H,6-7H2,1H3/t10-,11-,12-,13+/m1/s1. The van der Waals surface area contributed by atoms with Gasteiger partial charge in [0.05, 0.1) is 11.5 Å². The molecule has 0 aliphatic carbocycles. The third-order valence-corrected chi connectivity index (χ3v) is 4.49. The summed E-state index contributed by atoms with van der Waals surface area (Å²) in [6.07, 6.45) is -7.83. The largest absolute Gasteiger partial charge is 0.388 e. The lowest BCUT2D eigenvalue weighted by Crippen LogP contribution is -2.48. The maximum absolute atomic E-state index is 11.9. The van der Waals surface area contributed by atoms with Gasteiger partial charge in [-0.15, -0.1) is 10.1 Å². The third kappa shape index (κ3) is 6.53. The Morgan fingerprint density at radius 2 is 1.52 bits per heavy atom. The maximum Gasteiger partial charge on any atom is 0.297 e. The summed E-state index contributed by atoms with van der Waals surface area (Å²) in [7, 11) is -4.20. The van der Waals surface area contributed by atoms with Gasteiger partial charge in [-0.2, -0.15) is 8.42 Å². The molecule has 25 heavy (non-hydrogen) atoms. The number of hydrogen-bond acceptors (Lipinski definition) is 10. The summed E-state index contributed by atoms with van der Waals surface area (Å²) in [4.78, 5) is 13.7. The van der Waals surface area contributed by atoms with Gasteiger partial charge in [0.2, 0.25) is 0 Å². The van der Waals surface area contributed by atoms with Crippen LogP contribution in [0, 0.1) is 17.0 Å². The molecule has 11 nitrogen and oxygen atoms in total. The molecule has 0 bridgehead atoms. The highest BCUT2D eigenvalue weighted by Gasteiger charge is 2.32. The van der Waals surface area contributed by atoms with Crippen molar-refractivity contribution in [1.29, 1.82) is 0 Å². The molecule has 1 aromatic carbocycles. The predicted octanol–water partition coefficient (Wildman–Crippen LogP) is -1.65. The van der Waals surface area contributed by atoms with Crippen molar-refractivity contribution in [3.05, 3.63) is 39.9 Å². The average Bonchev–Trinajstić information content (AvgIpc) is 2.56. The summed E-state index contributed by atoms with van der Waals surface area (Å²) < 4.78 is 28.5. The SMILES string of the molecule is Cc1ccc(S(=O)(=O)OC[C@@H](O)[C@H](O)[C@H](O)[C@H](O)CO[N+](=O)[O-])cc1. The lowest BCUT2D eigenvalue weighted by Gasteiger charge is -2.25. The van der Waals surface area contributed by atoms with Gasteiger partial charge in [0.25, 0.3) is 15.2 Å². The normalized spacial score (nSPS) is 16.7. The molecule has 142 valence electrons. The maximum atomic E-state index is 11.9.